The Labute approximate surface area is 195 Å². The number of hydrogen-bond donors (Lipinski definition) is 1. The number of hydrogen-bond acceptors (Lipinski definition) is 6. The molecule has 0 aliphatic carbocycles. The van der Waals surface area contributed by atoms with Crippen molar-refractivity contribution < 1.29 is 14.3 Å². The normalized spacial score (nSPS) is 16.6. The molecule has 174 valence electrons. The zero-order chi connectivity index (χ0) is 23.3. The van der Waals surface area contributed by atoms with E-state index in [1.165, 1.54) is 16.6 Å². The van der Waals surface area contributed by atoms with E-state index in [0.717, 1.165) is 37.2 Å². The van der Waals surface area contributed by atoms with Gasteiger partial charge >= 0.3 is 5.97 Å². The Kier molecular flexibility index (Phi) is 7.14. The van der Waals surface area contributed by atoms with E-state index in [4.69, 9.17) is 9.47 Å². The van der Waals surface area contributed by atoms with Gasteiger partial charge in [0, 0.05) is 54.5 Å². The zero-order valence-corrected chi connectivity index (χ0v) is 19.7. The first-order chi connectivity index (χ1) is 15.9. The van der Waals surface area contributed by atoms with Gasteiger partial charge in [0.1, 0.15) is 19.0 Å². The standard InChI is InChI=1S/C27H33N3O3/c1-27(2,3)26(31)33-15-14-32-23-8-4-6-20(16-23)18-30-13-11-22(19-30)29-25-9-5-7-21-17-28-12-10-24(21)25/h4-10,12,16-17,22,29H,11,13-15,18-19H2,1-3H3. The van der Waals surface area contributed by atoms with Gasteiger partial charge in [0.05, 0.1) is 5.41 Å². The maximum atomic E-state index is 11.8. The summed E-state index contributed by atoms with van der Waals surface area (Å²) in [5, 5.41) is 6.10. The number of nitrogens with one attached hydrogen (secondary N) is 1. The van der Waals surface area contributed by atoms with Crippen molar-refractivity contribution in [1.82, 2.24) is 9.88 Å². The molecule has 2 heterocycles. The zero-order valence-electron chi connectivity index (χ0n) is 19.7. The van der Waals surface area contributed by atoms with Crippen LogP contribution in [0.5, 0.6) is 5.75 Å². The Bertz CT molecular complexity index is 1090. The van der Waals surface area contributed by atoms with Crippen LogP contribution in [0.25, 0.3) is 10.8 Å². The lowest BCUT2D eigenvalue weighted by atomic mass is 9.97. The van der Waals surface area contributed by atoms with E-state index < -0.39 is 5.41 Å². The van der Waals surface area contributed by atoms with E-state index in [1.54, 1.807) is 0 Å². The van der Waals surface area contributed by atoms with Crippen LogP contribution in [-0.4, -0.2) is 48.2 Å². The second-order valence-electron chi connectivity index (χ2n) is 9.65. The smallest absolute Gasteiger partial charge is 0.311 e. The van der Waals surface area contributed by atoms with E-state index in [2.05, 4.69) is 51.6 Å². The molecule has 1 fully saturated rings. The number of esters is 1. The third-order valence-electron chi connectivity index (χ3n) is 5.81. The molecule has 1 unspecified atom stereocenters. The first kappa shape index (κ1) is 23.1. The highest BCUT2D eigenvalue weighted by atomic mass is 16.6. The highest BCUT2D eigenvalue weighted by Gasteiger charge is 2.24. The molecule has 0 amide bonds. The van der Waals surface area contributed by atoms with Crippen LogP contribution in [0.3, 0.4) is 0 Å². The minimum Gasteiger partial charge on any atom is -0.490 e. The van der Waals surface area contributed by atoms with E-state index >= 15 is 0 Å². The van der Waals surface area contributed by atoms with Gasteiger partial charge < -0.3 is 14.8 Å². The molecule has 6 nitrogen and oxygen atoms in total. The van der Waals surface area contributed by atoms with Crippen molar-refractivity contribution in [1.29, 1.82) is 0 Å². The Morgan fingerprint density at radius 3 is 2.85 bits per heavy atom. The van der Waals surface area contributed by atoms with Gasteiger partial charge in [-0.2, -0.15) is 0 Å². The summed E-state index contributed by atoms with van der Waals surface area (Å²) in [5.41, 5.74) is 1.90. The molecule has 0 radical (unpaired) electrons. The number of nitrogens with zero attached hydrogens (tertiary/aromatic N) is 2. The summed E-state index contributed by atoms with van der Waals surface area (Å²) in [5.74, 6) is 0.592. The molecule has 0 bridgehead atoms. The molecule has 2 aromatic carbocycles. The Balaban J connectivity index is 1.26. The summed E-state index contributed by atoms with van der Waals surface area (Å²) >= 11 is 0. The Hall–Kier alpha value is -3.12. The van der Waals surface area contributed by atoms with E-state index in [-0.39, 0.29) is 12.6 Å². The van der Waals surface area contributed by atoms with Crippen LogP contribution in [0.15, 0.2) is 60.9 Å². The molecule has 3 aromatic rings. The van der Waals surface area contributed by atoms with Gasteiger partial charge in [0.25, 0.3) is 0 Å². The molecule has 33 heavy (non-hydrogen) atoms. The highest BCUT2D eigenvalue weighted by Crippen LogP contribution is 2.25. The number of pyridine rings is 1. The van der Waals surface area contributed by atoms with Crippen LogP contribution >= 0.6 is 0 Å². The fourth-order valence-electron chi connectivity index (χ4n) is 4.06. The third kappa shape index (κ3) is 6.23. The van der Waals surface area contributed by atoms with Crippen molar-refractivity contribution in [2.75, 3.05) is 31.6 Å². The predicted octanol–water partition coefficient (Wildman–Crippen LogP) is 4.89. The molecule has 1 aliphatic heterocycles. The number of anilines is 1. The number of carbonyl (C=O) groups is 1. The molecular formula is C27H33N3O3. The summed E-state index contributed by atoms with van der Waals surface area (Å²) in [4.78, 5) is 18.5. The minimum atomic E-state index is -0.493. The molecule has 1 atom stereocenters. The topological polar surface area (TPSA) is 63.7 Å². The average molecular weight is 448 g/mol. The molecule has 0 spiro atoms. The largest absolute Gasteiger partial charge is 0.490 e. The number of aromatic nitrogens is 1. The molecule has 1 saturated heterocycles. The lowest BCUT2D eigenvalue weighted by molar-refractivity contribution is -0.153. The van der Waals surface area contributed by atoms with Crippen molar-refractivity contribution in [3.05, 3.63) is 66.5 Å². The molecular weight excluding hydrogens is 414 g/mol. The van der Waals surface area contributed by atoms with Gasteiger partial charge in [-0.05, 0) is 57.0 Å². The molecule has 1 aliphatic rings. The monoisotopic (exact) mass is 447 g/mol. The second kappa shape index (κ2) is 10.2. The van der Waals surface area contributed by atoms with Gasteiger partial charge in [-0.15, -0.1) is 0 Å². The predicted molar refractivity (Wildman–Crippen MR) is 131 cm³/mol. The SMILES string of the molecule is CC(C)(C)C(=O)OCCOc1cccc(CN2CCC(Nc3cccc4cnccc34)C2)c1. The van der Waals surface area contributed by atoms with Crippen LogP contribution in [0, 0.1) is 5.41 Å². The van der Waals surface area contributed by atoms with Crippen molar-refractivity contribution in [2.45, 2.75) is 39.8 Å². The van der Waals surface area contributed by atoms with E-state index in [9.17, 15) is 4.79 Å². The fourth-order valence-corrected chi connectivity index (χ4v) is 4.06. The average Bonchev–Trinajstić information content (AvgIpc) is 3.23. The molecule has 0 saturated carbocycles. The quantitative estimate of drug-likeness (QED) is 0.392. The number of likely N-dealkylation sites (tertiary alicyclic amines) is 1. The Morgan fingerprint density at radius 2 is 2.00 bits per heavy atom. The van der Waals surface area contributed by atoms with Crippen LogP contribution in [0.1, 0.15) is 32.8 Å². The minimum absolute atomic E-state index is 0.211. The second-order valence-corrected chi connectivity index (χ2v) is 9.65. The number of carbonyl (C=O) groups excluding carboxylic acids is 1. The highest BCUT2D eigenvalue weighted by molar-refractivity contribution is 5.93. The summed E-state index contributed by atoms with van der Waals surface area (Å²) < 4.78 is 11.1. The number of benzene rings is 2. The maximum Gasteiger partial charge on any atom is 0.311 e. The van der Waals surface area contributed by atoms with E-state index in [0.29, 0.717) is 12.6 Å². The van der Waals surface area contributed by atoms with Gasteiger partial charge in [0.15, 0.2) is 0 Å². The number of fused-ring (bicyclic) bond motifs is 1. The summed E-state index contributed by atoms with van der Waals surface area (Å²) in [6, 6.07) is 17.0. The first-order valence-electron chi connectivity index (χ1n) is 11.6. The van der Waals surface area contributed by atoms with Crippen molar-refractivity contribution in [2.24, 2.45) is 5.41 Å². The van der Waals surface area contributed by atoms with Gasteiger partial charge in [-0.3, -0.25) is 14.7 Å². The lowest BCUT2D eigenvalue weighted by Crippen LogP contribution is -2.26. The van der Waals surface area contributed by atoms with E-state index in [1.807, 2.05) is 45.3 Å². The number of ether oxygens (including phenoxy) is 2. The van der Waals surface area contributed by atoms with Crippen molar-refractivity contribution >= 4 is 22.4 Å². The summed E-state index contributed by atoms with van der Waals surface area (Å²) in [7, 11) is 0. The summed E-state index contributed by atoms with van der Waals surface area (Å²) in [6.45, 7) is 9.07. The fraction of sp³-hybridized carbons (Fsp3) is 0.407. The summed E-state index contributed by atoms with van der Waals surface area (Å²) in [6.07, 6.45) is 4.86. The molecule has 1 aromatic heterocycles. The van der Waals surface area contributed by atoms with Gasteiger partial charge in [-0.1, -0.05) is 24.3 Å². The van der Waals surface area contributed by atoms with Crippen molar-refractivity contribution in [3.63, 3.8) is 0 Å². The first-order valence-corrected chi connectivity index (χ1v) is 11.6. The maximum absolute atomic E-state index is 11.8. The molecule has 4 rings (SSSR count). The van der Waals surface area contributed by atoms with Crippen molar-refractivity contribution in [3.8, 4) is 5.75 Å². The van der Waals surface area contributed by atoms with Crippen LogP contribution in [0.4, 0.5) is 5.69 Å². The van der Waals surface area contributed by atoms with Crippen LogP contribution in [-0.2, 0) is 16.1 Å². The third-order valence-corrected chi connectivity index (χ3v) is 5.81. The lowest BCUT2D eigenvalue weighted by Gasteiger charge is -2.19. The Morgan fingerprint density at radius 1 is 1.15 bits per heavy atom. The van der Waals surface area contributed by atoms with Gasteiger partial charge in [0.2, 0.25) is 0 Å². The van der Waals surface area contributed by atoms with Crippen LogP contribution in [0.2, 0.25) is 0 Å². The van der Waals surface area contributed by atoms with Gasteiger partial charge in [-0.25, -0.2) is 0 Å². The van der Waals surface area contributed by atoms with Crippen LogP contribution < -0.4 is 10.1 Å². The molecule has 6 heteroatoms. The number of rotatable bonds is 8. The molecule has 1 N–H and O–H groups in total.